The summed E-state index contributed by atoms with van der Waals surface area (Å²) in [5, 5.41) is 2.76. The molecule has 0 radical (unpaired) electrons. The van der Waals surface area contributed by atoms with E-state index in [9.17, 15) is 4.79 Å². The Morgan fingerprint density at radius 3 is 2.69 bits per heavy atom. The average molecular weight is 298 g/mol. The predicted molar refractivity (Wildman–Crippen MR) is 64.9 cm³/mol. The summed E-state index contributed by atoms with van der Waals surface area (Å²) in [6, 6.07) is 0. The zero-order valence-electron chi connectivity index (χ0n) is 9.83. The van der Waals surface area contributed by atoms with Crippen molar-refractivity contribution in [1.82, 2.24) is 5.32 Å². The monoisotopic (exact) mass is 297 g/mol. The average Bonchev–Trinajstić information content (AvgIpc) is 2.25. The summed E-state index contributed by atoms with van der Waals surface area (Å²) in [6.45, 7) is 2.28. The fourth-order valence-corrected chi connectivity index (χ4v) is 1.48. The number of ether oxygens (including phenoxy) is 3. The highest BCUT2D eigenvalue weighted by Crippen LogP contribution is 2.03. The first-order valence-corrected chi connectivity index (χ1v) is 6.08. The molecule has 0 aromatic carbocycles. The molecule has 96 valence electrons. The van der Waals surface area contributed by atoms with Gasteiger partial charge in [-0.3, -0.25) is 4.79 Å². The molecular weight excluding hydrogens is 278 g/mol. The van der Waals surface area contributed by atoms with E-state index < -0.39 is 0 Å². The van der Waals surface area contributed by atoms with Gasteiger partial charge in [0.15, 0.2) is 0 Å². The maximum Gasteiger partial charge on any atom is 0.246 e. The normalized spacial score (nSPS) is 12.4. The lowest BCUT2D eigenvalue weighted by Crippen LogP contribution is -2.30. The van der Waals surface area contributed by atoms with Crippen LogP contribution in [-0.4, -0.2) is 57.9 Å². The van der Waals surface area contributed by atoms with Crippen LogP contribution in [0.25, 0.3) is 0 Å². The van der Waals surface area contributed by atoms with Gasteiger partial charge in [0.25, 0.3) is 0 Å². The third-order valence-electron chi connectivity index (χ3n) is 1.79. The number of amides is 1. The van der Waals surface area contributed by atoms with Crippen molar-refractivity contribution in [2.24, 2.45) is 0 Å². The molecular formula is C10H20BrNO4. The van der Waals surface area contributed by atoms with E-state index in [0.717, 1.165) is 6.42 Å². The van der Waals surface area contributed by atoms with Gasteiger partial charge >= 0.3 is 0 Å². The van der Waals surface area contributed by atoms with Gasteiger partial charge in [-0.05, 0) is 6.42 Å². The Bertz CT molecular complexity index is 180. The molecule has 0 aromatic rings. The van der Waals surface area contributed by atoms with Crippen molar-refractivity contribution >= 4 is 21.8 Å². The SMILES string of the molecule is COCCOCC(=O)NCCC(Br)COC. The number of rotatable bonds is 10. The molecule has 0 saturated heterocycles. The number of carbonyl (C=O) groups is 1. The minimum atomic E-state index is -0.104. The molecule has 0 rings (SSSR count). The summed E-state index contributed by atoms with van der Waals surface area (Å²) in [4.78, 5) is 11.5. The minimum Gasteiger partial charge on any atom is -0.384 e. The van der Waals surface area contributed by atoms with Crippen LogP contribution in [0.3, 0.4) is 0 Å². The van der Waals surface area contributed by atoms with Gasteiger partial charge in [-0.15, -0.1) is 0 Å². The molecule has 5 nitrogen and oxygen atoms in total. The summed E-state index contributed by atoms with van der Waals surface area (Å²) < 4.78 is 14.8. The fourth-order valence-electron chi connectivity index (χ4n) is 0.991. The van der Waals surface area contributed by atoms with E-state index >= 15 is 0 Å². The zero-order valence-corrected chi connectivity index (χ0v) is 11.4. The maximum absolute atomic E-state index is 11.2. The molecule has 16 heavy (non-hydrogen) atoms. The molecule has 0 aliphatic heterocycles. The standard InChI is InChI=1S/C10H20BrNO4/c1-14-5-6-16-8-10(13)12-4-3-9(11)7-15-2/h9H,3-8H2,1-2H3,(H,12,13). The number of carbonyl (C=O) groups excluding carboxylic acids is 1. The summed E-state index contributed by atoms with van der Waals surface area (Å²) in [5.41, 5.74) is 0. The van der Waals surface area contributed by atoms with Crippen LogP contribution in [0.2, 0.25) is 0 Å². The second-order valence-corrected chi connectivity index (χ2v) is 4.53. The topological polar surface area (TPSA) is 56.8 Å². The number of hydrogen-bond acceptors (Lipinski definition) is 4. The van der Waals surface area contributed by atoms with E-state index in [1.54, 1.807) is 14.2 Å². The number of halogens is 1. The first-order chi connectivity index (χ1) is 7.70. The molecule has 1 amide bonds. The molecule has 0 aliphatic carbocycles. The third-order valence-corrected chi connectivity index (χ3v) is 2.51. The summed E-state index contributed by atoms with van der Waals surface area (Å²) in [5.74, 6) is -0.104. The number of methoxy groups -OCH3 is 2. The fraction of sp³-hybridized carbons (Fsp3) is 0.900. The van der Waals surface area contributed by atoms with Gasteiger partial charge in [0.2, 0.25) is 5.91 Å². The van der Waals surface area contributed by atoms with Crippen molar-refractivity contribution in [3.8, 4) is 0 Å². The van der Waals surface area contributed by atoms with Crippen molar-refractivity contribution in [2.75, 3.05) is 47.2 Å². The lowest BCUT2D eigenvalue weighted by Gasteiger charge is -2.09. The summed E-state index contributed by atoms with van der Waals surface area (Å²) >= 11 is 3.44. The van der Waals surface area contributed by atoms with E-state index in [1.807, 2.05) is 0 Å². The lowest BCUT2D eigenvalue weighted by atomic mass is 10.3. The van der Waals surface area contributed by atoms with Crippen molar-refractivity contribution in [3.05, 3.63) is 0 Å². The van der Waals surface area contributed by atoms with E-state index in [2.05, 4.69) is 21.2 Å². The number of hydrogen-bond donors (Lipinski definition) is 1. The molecule has 1 atom stereocenters. The highest BCUT2D eigenvalue weighted by Gasteiger charge is 2.05. The highest BCUT2D eigenvalue weighted by molar-refractivity contribution is 9.09. The van der Waals surface area contributed by atoms with E-state index in [4.69, 9.17) is 14.2 Å². The zero-order chi connectivity index (χ0) is 12.2. The lowest BCUT2D eigenvalue weighted by molar-refractivity contribution is -0.126. The van der Waals surface area contributed by atoms with Crippen LogP contribution in [-0.2, 0) is 19.0 Å². The van der Waals surface area contributed by atoms with E-state index in [0.29, 0.717) is 26.4 Å². The summed E-state index contributed by atoms with van der Waals surface area (Å²) in [7, 11) is 3.24. The predicted octanol–water partition coefficient (Wildman–Crippen LogP) is 0.566. The smallest absolute Gasteiger partial charge is 0.246 e. The first kappa shape index (κ1) is 15.8. The second kappa shape index (κ2) is 11.3. The molecule has 0 heterocycles. The van der Waals surface area contributed by atoms with Crippen LogP contribution in [0.5, 0.6) is 0 Å². The van der Waals surface area contributed by atoms with Crippen molar-refractivity contribution in [1.29, 1.82) is 0 Å². The molecule has 0 spiro atoms. The van der Waals surface area contributed by atoms with Gasteiger partial charge in [-0.25, -0.2) is 0 Å². The van der Waals surface area contributed by atoms with Crippen molar-refractivity contribution < 1.29 is 19.0 Å². The maximum atomic E-state index is 11.2. The van der Waals surface area contributed by atoms with E-state index in [1.165, 1.54) is 0 Å². The Hall–Kier alpha value is -0.170. The van der Waals surface area contributed by atoms with Crippen molar-refractivity contribution in [3.63, 3.8) is 0 Å². The van der Waals surface area contributed by atoms with Gasteiger partial charge in [-0.1, -0.05) is 15.9 Å². The first-order valence-electron chi connectivity index (χ1n) is 5.17. The Kier molecular flexibility index (Phi) is 11.2. The minimum absolute atomic E-state index is 0.0839. The van der Waals surface area contributed by atoms with Gasteiger partial charge < -0.3 is 19.5 Å². The number of alkyl halides is 1. The molecule has 1 unspecified atom stereocenters. The van der Waals surface area contributed by atoms with E-state index in [-0.39, 0.29) is 17.3 Å². The van der Waals surface area contributed by atoms with Crippen LogP contribution in [0.4, 0.5) is 0 Å². The highest BCUT2D eigenvalue weighted by atomic mass is 79.9. The molecule has 1 N–H and O–H groups in total. The molecule has 0 bridgehead atoms. The third kappa shape index (κ3) is 10.4. The Labute approximate surface area is 105 Å². The quantitative estimate of drug-likeness (QED) is 0.473. The van der Waals surface area contributed by atoms with Crippen LogP contribution in [0.15, 0.2) is 0 Å². The Morgan fingerprint density at radius 1 is 1.31 bits per heavy atom. The van der Waals surface area contributed by atoms with Gasteiger partial charge in [-0.2, -0.15) is 0 Å². The summed E-state index contributed by atoms with van der Waals surface area (Å²) in [6.07, 6.45) is 0.831. The largest absolute Gasteiger partial charge is 0.384 e. The van der Waals surface area contributed by atoms with Crippen LogP contribution in [0.1, 0.15) is 6.42 Å². The molecule has 0 aromatic heterocycles. The molecule has 0 saturated carbocycles. The Morgan fingerprint density at radius 2 is 2.06 bits per heavy atom. The molecule has 0 fully saturated rings. The Balaban J connectivity index is 3.29. The van der Waals surface area contributed by atoms with Crippen LogP contribution < -0.4 is 5.32 Å². The van der Waals surface area contributed by atoms with Crippen LogP contribution in [0, 0.1) is 0 Å². The van der Waals surface area contributed by atoms with Gasteiger partial charge in [0.1, 0.15) is 6.61 Å². The number of nitrogens with one attached hydrogen (secondary N) is 1. The molecule has 0 aliphatic rings. The van der Waals surface area contributed by atoms with Gasteiger partial charge in [0.05, 0.1) is 19.8 Å². The van der Waals surface area contributed by atoms with Gasteiger partial charge in [0, 0.05) is 25.6 Å². The molecule has 6 heteroatoms. The van der Waals surface area contributed by atoms with Crippen molar-refractivity contribution in [2.45, 2.75) is 11.2 Å². The van der Waals surface area contributed by atoms with Crippen LogP contribution >= 0.6 is 15.9 Å². The second-order valence-electron chi connectivity index (χ2n) is 3.24.